The summed E-state index contributed by atoms with van der Waals surface area (Å²) in [5, 5.41) is 3.26. The summed E-state index contributed by atoms with van der Waals surface area (Å²) in [4.78, 5) is 37.5. The van der Waals surface area contributed by atoms with Crippen molar-refractivity contribution in [3.8, 4) is 0 Å². The lowest BCUT2D eigenvalue weighted by Gasteiger charge is -2.14. The van der Waals surface area contributed by atoms with Crippen molar-refractivity contribution in [1.29, 1.82) is 0 Å². The smallest absolute Gasteiger partial charge is 0.341 e. The molecule has 0 fully saturated rings. The second-order valence-corrected chi connectivity index (χ2v) is 7.68. The summed E-state index contributed by atoms with van der Waals surface area (Å²) >= 11 is 7.22. The van der Waals surface area contributed by atoms with E-state index in [0.29, 0.717) is 10.6 Å². The summed E-state index contributed by atoms with van der Waals surface area (Å²) in [6.07, 6.45) is 1.48. The number of primary amides is 1. The first-order chi connectivity index (χ1) is 12.8. The summed E-state index contributed by atoms with van der Waals surface area (Å²) in [6.45, 7) is 1.43. The van der Waals surface area contributed by atoms with Crippen LogP contribution in [0.25, 0.3) is 0 Å². The highest BCUT2D eigenvalue weighted by Crippen LogP contribution is 2.38. The largest absolute Gasteiger partial charge is 0.449 e. The van der Waals surface area contributed by atoms with Gasteiger partial charge in [0.15, 0.2) is 6.10 Å². The van der Waals surface area contributed by atoms with E-state index in [9.17, 15) is 14.4 Å². The van der Waals surface area contributed by atoms with Crippen molar-refractivity contribution < 1.29 is 19.1 Å². The van der Waals surface area contributed by atoms with Crippen molar-refractivity contribution in [3.63, 3.8) is 0 Å². The van der Waals surface area contributed by atoms with E-state index in [2.05, 4.69) is 5.32 Å². The number of anilines is 2. The number of nitrogen functional groups attached to an aromatic ring is 1. The molecule has 2 aromatic rings. The number of rotatable bonds is 5. The topological polar surface area (TPSA) is 125 Å². The minimum Gasteiger partial charge on any atom is -0.449 e. The number of hydrogen-bond donors (Lipinski definition) is 3. The number of hydrogen-bond acceptors (Lipinski definition) is 6. The second-order valence-electron chi connectivity index (χ2n) is 6.16. The molecule has 0 bridgehead atoms. The molecule has 1 unspecified atom stereocenters. The number of thiophene rings is 1. The lowest BCUT2D eigenvalue weighted by Crippen LogP contribution is -2.30. The molecule has 0 radical (unpaired) electrons. The maximum absolute atomic E-state index is 12.4. The third-order valence-corrected chi connectivity index (χ3v) is 5.87. The van der Waals surface area contributed by atoms with Gasteiger partial charge in [-0.25, -0.2) is 4.79 Å². The molecule has 1 aromatic heterocycles. The SMILES string of the molecule is CC(OC(=O)c1cccc(Cl)c1N)C(=O)Nc1sc2c(c1C(N)=O)CCC2. The summed E-state index contributed by atoms with van der Waals surface area (Å²) in [6, 6.07) is 4.57. The van der Waals surface area contributed by atoms with E-state index in [1.165, 1.54) is 24.3 Å². The van der Waals surface area contributed by atoms with Gasteiger partial charge in [-0.15, -0.1) is 11.3 Å². The van der Waals surface area contributed by atoms with Crippen molar-refractivity contribution in [1.82, 2.24) is 0 Å². The Labute approximate surface area is 164 Å². The number of nitrogens with two attached hydrogens (primary N) is 2. The summed E-state index contributed by atoms with van der Waals surface area (Å²) in [7, 11) is 0. The molecule has 1 aliphatic carbocycles. The highest BCUT2D eigenvalue weighted by molar-refractivity contribution is 7.17. The standard InChI is InChI=1S/C18H18ClN3O4S/c1-8(26-18(25)10-5-2-6-11(19)14(10)20)16(24)22-17-13(15(21)23)9-4-3-7-12(9)27-17/h2,5-6,8H,3-4,7,20H2,1H3,(H2,21,23)(H,22,24). The van der Waals surface area contributed by atoms with Gasteiger partial charge in [0.25, 0.3) is 11.8 Å². The van der Waals surface area contributed by atoms with Gasteiger partial charge >= 0.3 is 5.97 Å². The summed E-state index contributed by atoms with van der Waals surface area (Å²) in [5.74, 6) is -1.91. The number of para-hydroxylation sites is 1. The third-order valence-electron chi connectivity index (χ3n) is 4.33. The summed E-state index contributed by atoms with van der Waals surface area (Å²) < 4.78 is 5.18. The first-order valence-corrected chi connectivity index (χ1v) is 9.49. The minimum atomic E-state index is -1.10. The van der Waals surface area contributed by atoms with Gasteiger partial charge in [0.05, 0.1) is 21.8 Å². The fourth-order valence-electron chi connectivity index (χ4n) is 2.96. The lowest BCUT2D eigenvalue weighted by atomic mass is 10.1. The number of esters is 1. The van der Waals surface area contributed by atoms with Crippen molar-refractivity contribution in [3.05, 3.63) is 44.8 Å². The quantitative estimate of drug-likeness (QED) is 0.519. The number of nitrogens with one attached hydrogen (secondary N) is 1. The Kier molecular flexibility index (Phi) is 5.38. The number of ether oxygens (including phenoxy) is 1. The molecule has 0 saturated heterocycles. The van der Waals surface area contributed by atoms with Crippen LogP contribution in [0.4, 0.5) is 10.7 Å². The van der Waals surface area contributed by atoms with E-state index in [-0.39, 0.29) is 16.3 Å². The number of benzene rings is 1. The van der Waals surface area contributed by atoms with Crippen LogP contribution in [0.5, 0.6) is 0 Å². The Morgan fingerprint density at radius 3 is 2.74 bits per heavy atom. The molecule has 0 saturated carbocycles. The Morgan fingerprint density at radius 1 is 1.30 bits per heavy atom. The molecule has 9 heteroatoms. The van der Waals surface area contributed by atoms with E-state index in [1.54, 1.807) is 12.1 Å². The van der Waals surface area contributed by atoms with Gasteiger partial charge in [-0.3, -0.25) is 9.59 Å². The number of fused-ring (bicyclic) bond motifs is 1. The zero-order valence-corrected chi connectivity index (χ0v) is 16.1. The van der Waals surface area contributed by atoms with E-state index in [0.717, 1.165) is 29.7 Å². The molecule has 27 heavy (non-hydrogen) atoms. The molecule has 0 spiro atoms. The maximum atomic E-state index is 12.4. The summed E-state index contributed by atoms with van der Waals surface area (Å²) in [5.41, 5.74) is 12.7. The third kappa shape index (κ3) is 3.77. The van der Waals surface area contributed by atoms with Crippen LogP contribution in [0.1, 0.15) is 44.5 Å². The maximum Gasteiger partial charge on any atom is 0.341 e. The molecule has 5 N–H and O–H groups in total. The number of carbonyl (C=O) groups is 3. The Bertz CT molecular complexity index is 941. The van der Waals surface area contributed by atoms with Crippen LogP contribution in [0.3, 0.4) is 0 Å². The van der Waals surface area contributed by atoms with E-state index in [1.807, 2.05) is 0 Å². The molecule has 0 aliphatic heterocycles. The predicted octanol–water partition coefficient (Wildman–Crippen LogP) is 2.76. The highest BCUT2D eigenvalue weighted by atomic mass is 35.5. The van der Waals surface area contributed by atoms with Crippen LogP contribution >= 0.6 is 22.9 Å². The number of carbonyl (C=O) groups excluding carboxylic acids is 3. The molecule has 1 heterocycles. The van der Waals surface area contributed by atoms with Crippen LogP contribution < -0.4 is 16.8 Å². The molecule has 1 aliphatic rings. The molecular weight excluding hydrogens is 390 g/mol. The molecule has 1 aromatic carbocycles. The molecular formula is C18H18ClN3O4S. The van der Waals surface area contributed by atoms with E-state index >= 15 is 0 Å². The number of amides is 2. The van der Waals surface area contributed by atoms with Gasteiger partial charge in [0.1, 0.15) is 5.00 Å². The second kappa shape index (κ2) is 7.58. The first kappa shape index (κ1) is 19.2. The predicted molar refractivity (Wildman–Crippen MR) is 104 cm³/mol. The van der Waals surface area contributed by atoms with Gasteiger partial charge in [0, 0.05) is 4.88 Å². The van der Waals surface area contributed by atoms with Crippen LogP contribution in [0, 0.1) is 0 Å². The van der Waals surface area contributed by atoms with Gasteiger partial charge < -0.3 is 21.5 Å². The first-order valence-electron chi connectivity index (χ1n) is 8.29. The van der Waals surface area contributed by atoms with Crippen molar-refractivity contribution >= 4 is 51.4 Å². The van der Waals surface area contributed by atoms with Crippen LogP contribution in [0.2, 0.25) is 5.02 Å². The fraction of sp³-hybridized carbons (Fsp3) is 0.278. The number of aryl methyl sites for hydroxylation is 1. The zero-order chi connectivity index (χ0) is 19.7. The molecule has 3 rings (SSSR count). The monoisotopic (exact) mass is 407 g/mol. The average molecular weight is 408 g/mol. The van der Waals surface area contributed by atoms with Gasteiger partial charge in [-0.2, -0.15) is 0 Å². The Morgan fingerprint density at radius 2 is 2.04 bits per heavy atom. The van der Waals surface area contributed by atoms with Crippen LogP contribution in [-0.2, 0) is 22.4 Å². The van der Waals surface area contributed by atoms with E-state index < -0.39 is 23.9 Å². The normalized spacial score (nSPS) is 13.7. The fourth-order valence-corrected chi connectivity index (χ4v) is 4.43. The number of halogens is 1. The van der Waals surface area contributed by atoms with Crippen molar-refractivity contribution in [2.24, 2.45) is 5.73 Å². The Balaban J connectivity index is 1.73. The van der Waals surface area contributed by atoms with Crippen LogP contribution in [0.15, 0.2) is 18.2 Å². The van der Waals surface area contributed by atoms with E-state index in [4.69, 9.17) is 27.8 Å². The van der Waals surface area contributed by atoms with Gasteiger partial charge in [-0.05, 0) is 43.9 Å². The molecule has 142 valence electrons. The van der Waals surface area contributed by atoms with Gasteiger partial charge in [0.2, 0.25) is 0 Å². The molecule has 7 nitrogen and oxygen atoms in total. The molecule has 2 amide bonds. The average Bonchev–Trinajstić information content (AvgIpc) is 3.17. The lowest BCUT2D eigenvalue weighted by molar-refractivity contribution is -0.123. The zero-order valence-electron chi connectivity index (χ0n) is 14.5. The highest BCUT2D eigenvalue weighted by Gasteiger charge is 2.28. The Hall–Kier alpha value is -2.58. The van der Waals surface area contributed by atoms with Crippen molar-refractivity contribution in [2.75, 3.05) is 11.1 Å². The van der Waals surface area contributed by atoms with Crippen molar-refractivity contribution in [2.45, 2.75) is 32.3 Å². The van der Waals surface area contributed by atoms with Gasteiger partial charge in [-0.1, -0.05) is 17.7 Å². The minimum absolute atomic E-state index is 0.0788. The van der Waals surface area contributed by atoms with Crippen LogP contribution in [-0.4, -0.2) is 23.9 Å². The molecule has 1 atom stereocenters.